The fraction of sp³-hybridized carbons (Fsp3) is 0.286. The second-order valence-electron chi connectivity index (χ2n) is 8.95. The van der Waals surface area contributed by atoms with Gasteiger partial charge in [0.05, 0.1) is 18.2 Å². The van der Waals surface area contributed by atoms with Crippen molar-refractivity contribution in [1.82, 2.24) is 0 Å². The Kier molecular flexibility index (Phi) is 7.00. The minimum absolute atomic E-state index is 0.0976. The van der Waals surface area contributed by atoms with E-state index in [0.29, 0.717) is 12.3 Å². The van der Waals surface area contributed by atoms with E-state index in [1.165, 1.54) is 9.78 Å². The van der Waals surface area contributed by atoms with Gasteiger partial charge in [0.15, 0.2) is 11.5 Å². The Balaban J connectivity index is 1.81. The number of aliphatic hydroxyl groups excluding tert-OH is 1. The number of carbonyl (C=O) groups is 2. The lowest BCUT2D eigenvalue weighted by atomic mass is 9.89. The first-order chi connectivity index (χ1) is 16.3. The maximum Gasteiger partial charge on any atom is 0.294 e. The molecule has 1 aliphatic heterocycles. The summed E-state index contributed by atoms with van der Waals surface area (Å²) in [5.74, 6) is -1.16. The summed E-state index contributed by atoms with van der Waals surface area (Å²) in [5, 5.41) is 10.9. The van der Waals surface area contributed by atoms with E-state index < -0.39 is 17.7 Å². The largest absolute Gasteiger partial charge is 0.503 e. The molecule has 3 aromatic rings. The molecule has 176 valence electrons. The van der Waals surface area contributed by atoms with E-state index >= 15 is 0 Å². The summed E-state index contributed by atoms with van der Waals surface area (Å²) in [6, 6.07) is 18.7. The topological polar surface area (TPSA) is 66.8 Å². The normalized spacial score (nSPS) is 16.1. The molecule has 0 saturated carbocycles. The molecule has 1 aliphatic rings. The summed E-state index contributed by atoms with van der Waals surface area (Å²) in [6.45, 7) is 6.29. The third kappa shape index (κ3) is 4.56. The Labute approximate surface area is 204 Å². The van der Waals surface area contributed by atoms with Crippen molar-refractivity contribution in [2.45, 2.75) is 39.8 Å². The molecule has 0 fully saturated rings. The summed E-state index contributed by atoms with van der Waals surface area (Å²) in [5.41, 5.74) is 3.46. The zero-order valence-corrected chi connectivity index (χ0v) is 20.7. The summed E-state index contributed by atoms with van der Waals surface area (Å²) in [4.78, 5) is 30.5. The molecule has 2 aromatic carbocycles. The SMILES string of the molecule is COCc1ccccc1C1C(C(=O)CC(C)C)=C(O)C(=O)N1c1ccc(-c2ccc(C)s2)cc1. The van der Waals surface area contributed by atoms with Crippen molar-refractivity contribution in [2.24, 2.45) is 5.92 Å². The molecule has 0 radical (unpaired) electrons. The van der Waals surface area contributed by atoms with Gasteiger partial charge in [-0.3, -0.25) is 14.5 Å². The number of hydrogen-bond donors (Lipinski definition) is 1. The summed E-state index contributed by atoms with van der Waals surface area (Å²) in [6.07, 6.45) is 0.250. The Hall–Kier alpha value is -3.22. The van der Waals surface area contributed by atoms with Crippen molar-refractivity contribution < 1.29 is 19.4 Å². The van der Waals surface area contributed by atoms with Crippen molar-refractivity contribution in [3.63, 3.8) is 0 Å². The molecule has 1 amide bonds. The number of thiophene rings is 1. The van der Waals surface area contributed by atoms with E-state index in [2.05, 4.69) is 19.1 Å². The van der Waals surface area contributed by atoms with Gasteiger partial charge in [0.2, 0.25) is 0 Å². The zero-order chi connectivity index (χ0) is 24.4. The minimum atomic E-state index is -0.722. The molecule has 1 aromatic heterocycles. The molecule has 0 bridgehead atoms. The molecule has 2 heterocycles. The Bertz CT molecular complexity index is 1240. The van der Waals surface area contributed by atoms with Crippen molar-refractivity contribution in [2.75, 3.05) is 12.0 Å². The van der Waals surface area contributed by atoms with Crippen LogP contribution in [-0.4, -0.2) is 23.9 Å². The first kappa shape index (κ1) is 23.9. The molecule has 1 unspecified atom stereocenters. The van der Waals surface area contributed by atoms with Gasteiger partial charge in [0, 0.05) is 29.0 Å². The predicted octanol–water partition coefficient (Wildman–Crippen LogP) is 6.39. The Morgan fingerprint density at radius 1 is 1.09 bits per heavy atom. The second-order valence-corrected chi connectivity index (χ2v) is 10.2. The average Bonchev–Trinajstić information content (AvgIpc) is 3.35. The van der Waals surface area contributed by atoms with E-state index in [1.54, 1.807) is 18.4 Å². The molecule has 0 saturated heterocycles. The first-order valence-corrected chi connectivity index (χ1v) is 12.2. The number of aryl methyl sites for hydroxylation is 1. The molecule has 34 heavy (non-hydrogen) atoms. The van der Waals surface area contributed by atoms with Gasteiger partial charge in [-0.2, -0.15) is 0 Å². The fourth-order valence-corrected chi connectivity index (χ4v) is 5.27. The van der Waals surface area contributed by atoms with E-state index in [-0.39, 0.29) is 23.7 Å². The average molecular weight is 476 g/mol. The smallest absolute Gasteiger partial charge is 0.294 e. The van der Waals surface area contributed by atoms with Crippen LogP contribution in [0.1, 0.15) is 42.3 Å². The maximum atomic E-state index is 13.4. The van der Waals surface area contributed by atoms with E-state index in [1.807, 2.05) is 62.4 Å². The summed E-state index contributed by atoms with van der Waals surface area (Å²) in [7, 11) is 1.61. The number of hydrogen-bond acceptors (Lipinski definition) is 5. The monoisotopic (exact) mass is 475 g/mol. The number of carbonyl (C=O) groups excluding carboxylic acids is 2. The molecular weight excluding hydrogens is 446 g/mol. The van der Waals surface area contributed by atoms with Crippen LogP contribution in [0.15, 0.2) is 72.0 Å². The van der Waals surface area contributed by atoms with Crippen LogP contribution in [0.3, 0.4) is 0 Å². The molecule has 5 nitrogen and oxygen atoms in total. The highest BCUT2D eigenvalue weighted by Gasteiger charge is 2.44. The molecule has 0 aliphatic carbocycles. The van der Waals surface area contributed by atoms with Crippen molar-refractivity contribution in [3.8, 4) is 10.4 Å². The molecule has 1 atom stereocenters. The summed E-state index contributed by atoms with van der Waals surface area (Å²) >= 11 is 1.71. The van der Waals surface area contributed by atoms with Gasteiger partial charge in [-0.25, -0.2) is 0 Å². The van der Waals surface area contributed by atoms with E-state index in [4.69, 9.17) is 4.74 Å². The molecule has 6 heteroatoms. The standard InChI is InChI=1S/C28H29NO4S/c1-17(2)15-23(30)25-26(22-8-6-5-7-20(22)16-33-4)29(28(32)27(25)31)21-12-10-19(11-13-21)24-14-9-18(3)34-24/h5-14,17,26,31H,15-16H2,1-4H3. The van der Waals surface area contributed by atoms with Crippen molar-refractivity contribution in [1.29, 1.82) is 0 Å². The molecule has 4 rings (SSSR count). The number of ether oxygens (including phenoxy) is 1. The van der Waals surface area contributed by atoms with Gasteiger partial charge >= 0.3 is 0 Å². The number of benzene rings is 2. The first-order valence-electron chi connectivity index (χ1n) is 11.3. The number of rotatable bonds is 8. The number of Topliss-reactive ketones (excluding diaryl/α,β-unsaturated/α-hetero) is 1. The quantitative estimate of drug-likeness (QED) is 0.410. The lowest BCUT2D eigenvalue weighted by molar-refractivity contribution is -0.118. The van der Waals surface area contributed by atoms with Crippen LogP contribution in [0.2, 0.25) is 0 Å². The van der Waals surface area contributed by atoms with Gasteiger partial charge < -0.3 is 9.84 Å². The summed E-state index contributed by atoms with van der Waals surface area (Å²) < 4.78 is 5.38. The number of anilines is 1. The molecule has 0 spiro atoms. The highest BCUT2D eigenvalue weighted by atomic mass is 32.1. The van der Waals surface area contributed by atoms with Gasteiger partial charge in [-0.1, -0.05) is 50.2 Å². The van der Waals surface area contributed by atoms with Crippen LogP contribution in [0.5, 0.6) is 0 Å². The third-order valence-corrected chi connectivity index (χ3v) is 6.97. The van der Waals surface area contributed by atoms with Gasteiger partial charge in [0.25, 0.3) is 5.91 Å². The van der Waals surface area contributed by atoms with Gasteiger partial charge in [-0.15, -0.1) is 11.3 Å². The van der Waals surface area contributed by atoms with Crippen LogP contribution in [-0.2, 0) is 20.9 Å². The zero-order valence-electron chi connectivity index (χ0n) is 19.9. The van der Waals surface area contributed by atoms with E-state index in [9.17, 15) is 14.7 Å². The van der Waals surface area contributed by atoms with Crippen LogP contribution in [0.25, 0.3) is 10.4 Å². The fourth-order valence-electron chi connectivity index (χ4n) is 4.40. The van der Waals surface area contributed by atoms with Gasteiger partial charge in [0.1, 0.15) is 0 Å². The van der Waals surface area contributed by atoms with E-state index in [0.717, 1.165) is 21.6 Å². The maximum absolute atomic E-state index is 13.4. The van der Waals surface area contributed by atoms with Gasteiger partial charge in [-0.05, 0) is 53.8 Å². The highest BCUT2D eigenvalue weighted by molar-refractivity contribution is 7.15. The number of aliphatic hydroxyl groups is 1. The second kappa shape index (κ2) is 9.95. The van der Waals surface area contributed by atoms with Crippen LogP contribution in [0, 0.1) is 12.8 Å². The molecular formula is C28H29NO4S. The van der Waals surface area contributed by atoms with Crippen molar-refractivity contribution >= 4 is 28.7 Å². The predicted molar refractivity (Wildman–Crippen MR) is 136 cm³/mol. The number of amides is 1. The Morgan fingerprint density at radius 3 is 2.41 bits per heavy atom. The number of methoxy groups -OCH3 is 1. The van der Waals surface area contributed by atoms with Crippen molar-refractivity contribution in [3.05, 3.63) is 88.0 Å². The third-order valence-electron chi connectivity index (χ3n) is 5.92. The number of nitrogens with zero attached hydrogens (tertiary/aromatic N) is 1. The lowest BCUT2D eigenvalue weighted by Crippen LogP contribution is -2.31. The van der Waals surface area contributed by atoms with Crippen LogP contribution < -0.4 is 4.90 Å². The number of ketones is 1. The van der Waals surface area contributed by atoms with Crippen LogP contribution in [0.4, 0.5) is 5.69 Å². The van der Waals surface area contributed by atoms with Crippen LogP contribution >= 0.6 is 11.3 Å². The lowest BCUT2D eigenvalue weighted by Gasteiger charge is -2.29. The molecule has 1 N–H and O–H groups in total. The minimum Gasteiger partial charge on any atom is -0.503 e. The highest BCUT2D eigenvalue weighted by Crippen LogP contribution is 2.43. The Morgan fingerprint density at radius 2 is 1.79 bits per heavy atom.